The molecule has 0 aliphatic rings. The molecule has 0 unspecified atom stereocenters. The number of benzene rings is 1. The van der Waals surface area contributed by atoms with E-state index in [1.807, 2.05) is 0 Å². The summed E-state index contributed by atoms with van der Waals surface area (Å²) in [5, 5.41) is 8.70. The predicted octanol–water partition coefficient (Wildman–Crippen LogP) is 2.85. The molecule has 16 heavy (non-hydrogen) atoms. The van der Waals surface area contributed by atoms with Crippen molar-refractivity contribution in [2.75, 3.05) is 6.61 Å². The highest BCUT2D eigenvalue weighted by Crippen LogP contribution is 2.33. The van der Waals surface area contributed by atoms with E-state index in [1.54, 1.807) is 0 Å². The molecule has 0 aliphatic carbocycles. The molecule has 1 rings (SSSR count). The molecule has 0 amide bonds. The Hall–Kier alpha value is -0.590. The average Bonchev–Trinajstić information content (AvgIpc) is 2.16. The summed E-state index contributed by atoms with van der Waals surface area (Å²) in [6.07, 6.45) is -4.16. The topological polar surface area (TPSA) is 46.2 Å². The zero-order chi connectivity index (χ0) is 12.3. The van der Waals surface area contributed by atoms with Gasteiger partial charge in [-0.15, -0.1) is 0 Å². The van der Waals surface area contributed by atoms with Gasteiger partial charge in [0.05, 0.1) is 5.56 Å². The fourth-order valence-electron chi connectivity index (χ4n) is 1.30. The first-order chi connectivity index (χ1) is 7.36. The summed E-state index contributed by atoms with van der Waals surface area (Å²) in [5.41, 5.74) is 5.28. The third-order valence-electron chi connectivity index (χ3n) is 2.16. The monoisotopic (exact) mass is 297 g/mol. The Morgan fingerprint density at radius 1 is 1.38 bits per heavy atom. The summed E-state index contributed by atoms with van der Waals surface area (Å²) < 4.78 is 37.8. The van der Waals surface area contributed by atoms with Crippen LogP contribution in [0.25, 0.3) is 0 Å². The number of rotatable bonds is 3. The Morgan fingerprint density at radius 3 is 2.50 bits per heavy atom. The van der Waals surface area contributed by atoms with Gasteiger partial charge in [0, 0.05) is 17.1 Å². The minimum atomic E-state index is -4.38. The van der Waals surface area contributed by atoms with E-state index < -0.39 is 17.8 Å². The van der Waals surface area contributed by atoms with Gasteiger partial charge in [-0.05, 0) is 30.2 Å². The molecule has 0 saturated carbocycles. The maximum atomic E-state index is 12.4. The van der Waals surface area contributed by atoms with Crippen LogP contribution in [0, 0.1) is 0 Å². The van der Waals surface area contributed by atoms with Gasteiger partial charge in [0.2, 0.25) is 0 Å². The zero-order valence-electron chi connectivity index (χ0n) is 8.26. The summed E-state index contributed by atoms with van der Waals surface area (Å²) in [4.78, 5) is 0. The van der Waals surface area contributed by atoms with E-state index in [0.29, 0.717) is 10.0 Å². The van der Waals surface area contributed by atoms with Crippen molar-refractivity contribution in [3.8, 4) is 0 Å². The summed E-state index contributed by atoms with van der Waals surface area (Å²) >= 11 is 3.14. The molecule has 1 aromatic rings. The van der Waals surface area contributed by atoms with Crippen LogP contribution in [0.3, 0.4) is 0 Å². The predicted molar refractivity (Wildman–Crippen MR) is 57.8 cm³/mol. The van der Waals surface area contributed by atoms with E-state index in [-0.39, 0.29) is 13.0 Å². The van der Waals surface area contributed by atoms with Gasteiger partial charge >= 0.3 is 6.18 Å². The van der Waals surface area contributed by atoms with E-state index in [2.05, 4.69) is 15.9 Å². The Labute approximate surface area is 99.4 Å². The second-order valence-electron chi connectivity index (χ2n) is 3.35. The van der Waals surface area contributed by atoms with Crippen molar-refractivity contribution in [1.29, 1.82) is 0 Å². The third kappa shape index (κ3) is 3.20. The highest BCUT2D eigenvalue weighted by molar-refractivity contribution is 9.10. The van der Waals surface area contributed by atoms with Crippen molar-refractivity contribution in [3.05, 3.63) is 33.8 Å². The molecular formula is C10H11BrF3NO. The Morgan fingerprint density at radius 2 is 2.00 bits per heavy atom. The minimum absolute atomic E-state index is 0.163. The summed E-state index contributed by atoms with van der Waals surface area (Å²) in [6, 6.07) is 2.70. The third-order valence-corrected chi connectivity index (χ3v) is 2.89. The largest absolute Gasteiger partial charge is 0.416 e. The molecular weight excluding hydrogens is 287 g/mol. The molecule has 0 radical (unpaired) electrons. The molecule has 0 spiro atoms. The lowest BCUT2D eigenvalue weighted by molar-refractivity contribution is -0.137. The molecule has 0 aliphatic heterocycles. The summed E-state index contributed by atoms with van der Waals surface area (Å²) in [7, 11) is 0. The van der Waals surface area contributed by atoms with Gasteiger partial charge in [-0.2, -0.15) is 13.2 Å². The lowest BCUT2D eigenvalue weighted by Crippen LogP contribution is -2.14. The highest BCUT2D eigenvalue weighted by Gasteiger charge is 2.31. The molecule has 0 fully saturated rings. The van der Waals surface area contributed by atoms with Crippen molar-refractivity contribution in [3.63, 3.8) is 0 Å². The van der Waals surface area contributed by atoms with Crippen LogP contribution in [-0.2, 0) is 6.18 Å². The van der Waals surface area contributed by atoms with Gasteiger partial charge in [-0.1, -0.05) is 15.9 Å². The van der Waals surface area contributed by atoms with Gasteiger partial charge in [0.15, 0.2) is 0 Å². The van der Waals surface area contributed by atoms with Crippen molar-refractivity contribution in [1.82, 2.24) is 0 Å². The molecule has 0 bridgehead atoms. The zero-order valence-corrected chi connectivity index (χ0v) is 9.85. The lowest BCUT2D eigenvalue weighted by Gasteiger charge is -2.15. The van der Waals surface area contributed by atoms with E-state index in [1.165, 1.54) is 6.07 Å². The molecule has 2 nitrogen and oxygen atoms in total. The van der Waals surface area contributed by atoms with Crippen LogP contribution < -0.4 is 5.73 Å². The number of halogens is 4. The van der Waals surface area contributed by atoms with Gasteiger partial charge < -0.3 is 10.8 Å². The maximum absolute atomic E-state index is 12.4. The summed E-state index contributed by atoms with van der Waals surface area (Å²) in [5.74, 6) is 0. The van der Waals surface area contributed by atoms with Crippen LogP contribution in [0.2, 0.25) is 0 Å². The molecule has 0 heterocycles. The van der Waals surface area contributed by atoms with Crippen LogP contribution in [0.1, 0.15) is 23.6 Å². The number of hydrogen-bond acceptors (Lipinski definition) is 2. The van der Waals surface area contributed by atoms with Crippen LogP contribution in [0.15, 0.2) is 22.7 Å². The first-order valence-electron chi connectivity index (χ1n) is 4.59. The molecule has 1 aromatic carbocycles. The van der Waals surface area contributed by atoms with Crippen molar-refractivity contribution in [2.45, 2.75) is 18.6 Å². The van der Waals surface area contributed by atoms with Gasteiger partial charge in [-0.3, -0.25) is 0 Å². The van der Waals surface area contributed by atoms with Gasteiger partial charge in [-0.25, -0.2) is 0 Å². The highest BCUT2D eigenvalue weighted by atomic mass is 79.9. The Balaban J connectivity index is 3.09. The SMILES string of the molecule is N[C@@H](CCO)c1cc(C(F)(F)F)ccc1Br. The van der Waals surface area contributed by atoms with Crippen LogP contribution >= 0.6 is 15.9 Å². The minimum Gasteiger partial charge on any atom is -0.396 e. The second-order valence-corrected chi connectivity index (χ2v) is 4.21. The second kappa shape index (κ2) is 5.16. The van der Waals surface area contributed by atoms with Crippen LogP contribution in [-0.4, -0.2) is 11.7 Å². The molecule has 90 valence electrons. The Bertz CT molecular complexity index is 368. The quantitative estimate of drug-likeness (QED) is 0.901. The van der Waals surface area contributed by atoms with Crippen molar-refractivity contribution in [2.24, 2.45) is 5.73 Å². The fraction of sp³-hybridized carbons (Fsp3) is 0.400. The first kappa shape index (κ1) is 13.5. The van der Waals surface area contributed by atoms with Crippen LogP contribution in [0.4, 0.5) is 13.2 Å². The lowest BCUT2D eigenvalue weighted by atomic mass is 10.0. The van der Waals surface area contributed by atoms with E-state index >= 15 is 0 Å². The van der Waals surface area contributed by atoms with Gasteiger partial charge in [0.1, 0.15) is 0 Å². The number of hydrogen-bond donors (Lipinski definition) is 2. The van der Waals surface area contributed by atoms with E-state index in [4.69, 9.17) is 10.8 Å². The van der Waals surface area contributed by atoms with Crippen LogP contribution in [0.5, 0.6) is 0 Å². The van der Waals surface area contributed by atoms with Crippen molar-refractivity contribution >= 4 is 15.9 Å². The van der Waals surface area contributed by atoms with E-state index in [0.717, 1.165) is 12.1 Å². The molecule has 0 saturated heterocycles. The molecule has 6 heteroatoms. The average molecular weight is 298 g/mol. The number of alkyl halides is 3. The fourth-order valence-corrected chi connectivity index (χ4v) is 1.84. The first-order valence-corrected chi connectivity index (χ1v) is 5.38. The number of aliphatic hydroxyl groups is 1. The van der Waals surface area contributed by atoms with Crippen molar-refractivity contribution < 1.29 is 18.3 Å². The Kier molecular flexibility index (Phi) is 4.35. The molecule has 1 atom stereocenters. The normalized spacial score (nSPS) is 13.9. The maximum Gasteiger partial charge on any atom is 0.416 e. The molecule has 0 aromatic heterocycles. The van der Waals surface area contributed by atoms with Gasteiger partial charge in [0.25, 0.3) is 0 Å². The van der Waals surface area contributed by atoms with E-state index in [9.17, 15) is 13.2 Å². The number of nitrogens with two attached hydrogens (primary N) is 1. The standard InChI is InChI=1S/C10H11BrF3NO/c11-8-2-1-6(10(12,13)14)5-7(8)9(15)3-4-16/h1-2,5,9,16H,3-4,15H2/t9-/m0/s1. The number of aliphatic hydroxyl groups excluding tert-OH is 1. The smallest absolute Gasteiger partial charge is 0.396 e. The molecule has 3 N–H and O–H groups in total. The summed E-state index contributed by atoms with van der Waals surface area (Å²) in [6.45, 7) is -0.163.